The molecule has 5 aromatic rings. The van der Waals surface area contributed by atoms with E-state index in [2.05, 4.69) is 9.98 Å². The molecule has 1 amide bonds. The minimum Gasteiger partial charge on any atom is -0.467 e. The van der Waals surface area contributed by atoms with Crippen LogP contribution in [0.5, 0.6) is 0 Å². The number of rotatable bonds is 5. The van der Waals surface area contributed by atoms with Gasteiger partial charge in [-0.05, 0) is 55.8 Å². The van der Waals surface area contributed by atoms with Crippen LogP contribution in [0.25, 0.3) is 16.7 Å². The van der Waals surface area contributed by atoms with Gasteiger partial charge in [-0.1, -0.05) is 24.3 Å². The Hall–Kier alpha value is -4.79. The first-order valence-electron chi connectivity index (χ1n) is 11.4. The summed E-state index contributed by atoms with van der Waals surface area (Å²) in [7, 11) is 0. The lowest BCUT2D eigenvalue weighted by molar-refractivity contribution is 0.0523. The fraction of sp³-hybridized carbons (Fsp3) is 0.148. The molecule has 0 atom stereocenters. The number of benzene rings is 1. The fourth-order valence-corrected chi connectivity index (χ4v) is 4.03. The highest BCUT2D eigenvalue weighted by atomic mass is 16.5. The van der Waals surface area contributed by atoms with Crippen LogP contribution < -0.4 is 11.0 Å². The number of carbonyl (C=O) groups excluding carboxylic acids is 2. The van der Waals surface area contributed by atoms with E-state index in [0.717, 1.165) is 5.56 Å². The first kappa shape index (κ1) is 23.0. The summed E-state index contributed by atoms with van der Waals surface area (Å²) in [5.41, 5.74) is 1.43. The second-order valence-electron chi connectivity index (χ2n) is 8.08. The van der Waals surface area contributed by atoms with Crippen LogP contribution >= 0.6 is 0 Å². The molecular weight excluding hydrogens is 460 g/mol. The summed E-state index contributed by atoms with van der Waals surface area (Å²) >= 11 is 0. The van der Waals surface area contributed by atoms with Crippen LogP contribution in [0, 0.1) is 6.92 Å². The molecule has 0 bridgehead atoms. The molecule has 0 spiro atoms. The van der Waals surface area contributed by atoms with E-state index >= 15 is 0 Å². The largest absolute Gasteiger partial charge is 0.467 e. The van der Waals surface area contributed by atoms with Crippen LogP contribution in [-0.2, 0) is 11.3 Å². The molecule has 0 fully saturated rings. The maximum absolute atomic E-state index is 13.4. The van der Waals surface area contributed by atoms with E-state index in [1.165, 1.54) is 16.7 Å². The summed E-state index contributed by atoms with van der Waals surface area (Å²) in [6, 6.07) is 17.1. The van der Waals surface area contributed by atoms with Gasteiger partial charge in [-0.2, -0.15) is 4.99 Å². The Kier molecular flexibility index (Phi) is 6.03. The average molecular weight is 482 g/mol. The summed E-state index contributed by atoms with van der Waals surface area (Å²) < 4.78 is 13.8. The van der Waals surface area contributed by atoms with E-state index in [-0.39, 0.29) is 40.8 Å². The highest BCUT2D eigenvalue weighted by Crippen LogP contribution is 2.15. The molecule has 9 heteroatoms. The van der Waals surface area contributed by atoms with Crippen molar-refractivity contribution in [2.75, 3.05) is 6.61 Å². The van der Waals surface area contributed by atoms with Crippen LogP contribution in [0.15, 0.2) is 87.3 Å². The lowest BCUT2D eigenvalue weighted by Crippen LogP contribution is -2.33. The van der Waals surface area contributed by atoms with Gasteiger partial charge in [-0.25, -0.2) is 9.78 Å². The molecular formula is C27H22N4O5. The van der Waals surface area contributed by atoms with Gasteiger partial charge in [0.1, 0.15) is 22.6 Å². The molecule has 0 saturated carbocycles. The number of furan rings is 1. The molecule has 36 heavy (non-hydrogen) atoms. The van der Waals surface area contributed by atoms with Crippen LogP contribution in [0.4, 0.5) is 0 Å². The number of hydrogen-bond donors (Lipinski definition) is 0. The summed E-state index contributed by atoms with van der Waals surface area (Å²) in [4.78, 5) is 48.8. The number of fused-ring (bicyclic) bond motifs is 2. The Morgan fingerprint density at radius 3 is 2.61 bits per heavy atom. The Morgan fingerprint density at radius 2 is 1.86 bits per heavy atom. The zero-order valence-corrected chi connectivity index (χ0v) is 19.7. The van der Waals surface area contributed by atoms with E-state index in [1.54, 1.807) is 73.1 Å². The molecule has 0 aliphatic carbocycles. The van der Waals surface area contributed by atoms with Crippen molar-refractivity contribution in [3.8, 4) is 0 Å². The Morgan fingerprint density at radius 1 is 1.06 bits per heavy atom. The van der Waals surface area contributed by atoms with Crippen molar-refractivity contribution in [2.45, 2.75) is 20.4 Å². The number of esters is 1. The van der Waals surface area contributed by atoms with E-state index < -0.39 is 11.9 Å². The van der Waals surface area contributed by atoms with Gasteiger partial charge >= 0.3 is 5.97 Å². The summed E-state index contributed by atoms with van der Waals surface area (Å²) in [6.45, 7) is 3.66. The smallest absolute Gasteiger partial charge is 0.341 e. The molecule has 0 aliphatic heterocycles. The van der Waals surface area contributed by atoms with Crippen molar-refractivity contribution in [1.29, 1.82) is 0 Å². The topological polar surface area (TPSA) is 108 Å². The quantitative estimate of drug-likeness (QED) is 0.280. The summed E-state index contributed by atoms with van der Waals surface area (Å²) in [5, 5.41) is 0.176. The first-order chi connectivity index (χ1) is 17.5. The van der Waals surface area contributed by atoms with Gasteiger partial charge in [0, 0.05) is 11.8 Å². The van der Waals surface area contributed by atoms with E-state index in [4.69, 9.17) is 9.15 Å². The van der Waals surface area contributed by atoms with Gasteiger partial charge in [0.05, 0.1) is 24.8 Å². The Labute approximate surface area is 204 Å². The minimum absolute atomic E-state index is 0.0207. The molecule has 9 nitrogen and oxygen atoms in total. The second kappa shape index (κ2) is 9.46. The van der Waals surface area contributed by atoms with Gasteiger partial charge in [0.2, 0.25) is 0 Å². The van der Waals surface area contributed by atoms with E-state index in [1.807, 2.05) is 6.07 Å². The normalized spacial score (nSPS) is 11.8. The zero-order chi connectivity index (χ0) is 25.2. The molecule has 0 unspecified atom stereocenters. The van der Waals surface area contributed by atoms with E-state index in [9.17, 15) is 14.4 Å². The lowest BCUT2D eigenvalue weighted by Gasteiger charge is -2.14. The van der Waals surface area contributed by atoms with E-state index in [0.29, 0.717) is 17.0 Å². The molecule has 4 heterocycles. The Balaban J connectivity index is 1.91. The predicted octanol–water partition coefficient (Wildman–Crippen LogP) is 3.52. The highest BCUT2D eigenvalue weighted by Gasteiger charge is 2.21. The van der Waals surface area contributed by atoms with Crippen molar-refractivity contribution < 1.29 is 18.7 Å². The molecule has 0 aliphatic rings. The number of carbonyl (C=O) groups is 2. The number of ether oxygens (including phenoxy) is 1. The van der Waals surface area contributed by atoms with Crippen molar-refractivity contribution >= 4 is 28.6 Å². The standard InChI is InChI=1S/C27H22N4O5/c1-3-35-27(34)21-15-20-23(28-22-12-6-7-13-30(22)26(20)33)31(16-18-10-8-14-36-18)24(21)29-25(32)19-11-5-4-9-17(19)2/h4-15H,3,16H2,1-2H3. The lowest BCUT2D eigenvalue weighted by atomic mass is 10.1. The Bertz CT molecular complexity index is 1750. The molecule has 5 rings (SSSR count). The zero-order valence-electron chi connectivity index (χ0n) is 19.7. The third-order valence-corrected chi connectivity index (χ3v) is 5.76. The van der Waals surface area contributed by atoms with Gasteiger partial charge in [0.15, 0.2) is 5.49 Å². The average Bonchev–Trinajstić information content (AvgIpc) is 3.39. The van der Waals surface area contributed by atoms with Gasteiger partial charge < -0.3 is 13.7 Å². The van der Waals surface area contributed by atoms with Crippen molar-refractivity contribution in [3.05, 3.63) is 111 Å². The number of amides is 1. The number of nitrogens with zero attached hydrogens (tertiary/aromatic N) is 4. The SMILES string of the molecule is CCOC(=O)c1cc2c(=O)n3ccccc3nc2n(Cc2ccco2)c1=NC(=O)c1ccccc1C. The van der Waals surface area contributed by atoms with Crippen LogP contribution in [0.1, 0.15) is 39.0 Å². The molecule has 1 aromatic carbocycles. The molecule has 0 N–H and O–H groups in total. The monoisotopic (exact) mass is 482 g/mol. The van der Waals surface area contributed by atoms with Crippen molar-refractivity contribution in [3.63, 3.8) is 0 Å². The maximum Gasteiger partial charge on any atom is 0.341 e. The van der Waals surface area contributed by atoms with Crippen LogP contribution in [-0.4, -0.2) is 32.4 Å². The van der Waals surface area contributed by atoms with Gasteiger partial charge in [-0.15, -0.1) is 0 Å². The third kappa shape index (κ3) is 4.11. The predicted molar refractivity (Wildman–Crippen MR) is 132 cm³/mol. The summed E-state index contributed by atoms with van der Waals surface area (Å²) in [5.74, 6) is -0.720. The minimum atomic E-state index is -0.707. The number of hydrogen-bond acceptors (Lipinski definition) is 6. The third-order valence-electron chi connectivity index (χ3n) is 5.76. The molecule has 4 aromatic heterocycles. The maximum atomic E-state index is 13.4. The van der Waals surface area contributed by atoms with Gasteiger partial charge in [0.25, 0.3) is 11.5 Å². The van der Waals surface area contributed by atoms with Gasteiger partial charge in [-0.3, -0.25) is 14.0 Å². The second-order valence-corrected chi connectivity index (χ2v) is 8.08. The number of aryl methyl sites for hydroxylation is 1. The van der Waals surface area contributed by atoms with Crippen molar-refractivity contribution in [1.82, 2.24) is 14.0 Å². The number of pyridine rings is 2. The fourth-order valence-electron chi connectivity index (χ4n) is 4.03. The summed E-state index contributed by atoms with van der Waals surface area (Å²) in [6.07, 6.45) is 3.12. The molecule has 180 valence electrons. The molecule has 0 radical (unpaired) electrons. The first-order valence-corrected chi connectivity index (χ1v) is 11.4. The van der Waals surface area contributed by atoms with Crippen LogP contribution in [0.3, 0.4) is 0 Å². The van der Waals surface area contributed by atoms with Crippen LogP contribution in [0.2, 0.25) is 0 Å². The highest BCUT2D eigenvalue weighted by molar-refractivity contribution is 5.98. The van der Waals surface area contributed by atoms with Crippen molar-refractivity contribution in [2.24, 2.45) is 4.99 Å². The number of aromatic nitrogens is 3. The molecule has 0 saturated heterocycles.